The SMILES string of the molecule is COc1cccc(/C=C/c2nc3cc(Cl)ccc3n2-c2ccc(C#N)cn2)c1OC1CCCC1. The van der Waals surface area contributed by atoms with Crippen LogP contribution in [0, 0.1) is 11.3 Å². The summed E-state index contributed by atoms with van der Waals surface area (Å²) in [6.45, 7) is 0. The minimum Gasteiger partial charge on any atom is -0.493 e. The number of methoxy groups -OCH3 is 1. The highest BCUT2D eigenvalue weighted by Gasteiger charge is 2.20. The van der Waals surface area contributed by atoms with Crippen molar-refractivity contribution in [1.29, 1.82) is 5.26 Å². The van der Waals surface area contributed by atoms with Gasteiger partial charge in [0.15, 0.2) is 11.5 Å². The lowest BCUT2D eigenvalue weighted by Gasteiger charge is -2.18. The molecule has 0 atom stereocenters. The Morgan fingerprint density at radius 2 is 1.97 bits per heavy atom. The molecule has 4 aromatic rings. The standard InChI is InChI=1S/C27H23ClN4O2/c1-33-24-8-4-5-19(27(24)34-21-6-2-3-7-21)10-14-26-31-22-15-20(28)11-12-23(22)32(26)25-13-9-18(16-29)17-30-25/h4-5,8-15,17,21H,2-3,6-7H2,1H3/b14-10+. The maximum Gasteiger partial charge on any atom is 0.168 e. The van der Waals surface area contributed by atoms with Crippen LogP contribution in [0.5, 0.6) is 11.5 Å². The summed E-state index contributed by atoms with van der Waals surface area (Å²) in [6.07, 6.45) is 10.2. The van der Waals surface area contributed by atoms with Gasteiger partial charge in [-0.05, 0) is 74.2 Å². The van der Waals surface area contributed by atoms with Crippen LogP contribution in [0.3, 0.4) is 0 Å². The van der Waals surface area contributed by atoms with Crippen LogP contribution < -0.4 is 9.47 Å². The summed E-state index contributed by atoms with van der Waals surface area (Å²) in [5.41, 5.74) is 3.04. The van der Waals surface area contributed by atoms with E-state index < -0.39 is 0 Å². The van der Waals surface area contributed by atoms with Crippen LogP contribution in [-0.2, 0) is 0 Å². The van der Waals surface area contributed by atoms with E-state index in [1.165, 1.54) is 12.8 Å². The Labute approximate surface area is 203 Å². The Morgan fingerprint density at radius 1 is 1.12 bits per heavy atom. The number of pyridine rings is 1. The first-order chi connectivity index (χ1) is 16.7. The summed E-state index contributed by atoms with van der Waals surface area (Å²) >= 11 is 6.22. The van der Waals surface area contributed by atoms with Gasteiger partial charge in [-0.15, -0.1) is 0 Å². The zero-order chi connectivity index (χ0) is 23.5. The van der Waals surface area contributed by atoms with E-state index in [4.69, 9.17) is 31.3 Å². The van der Waals surface area contributed by atoms with Crippen LogP contribution in [0.4, 0.5) is 0 Å². The number of imidazole rings is 1. The number of nitriles is 1. The third-order valence-electron chi connectivity index (χ3n) is 5.98. The molecule has 2 aromatic carbocycles. The van der Waals surface area contributed by atoms with Gasteiger partial charge in [0.25, 0.3) is 0 Å². The Bertz CT molecular complexity index is 1400. The van der Waals surface area contributed by atoms with E-state index >= 15 is 0 Å². The van der Waals surface area contributed by atoms with E-state index in [1.54, 1.807) is 19.4 Å². The Morgan fingerprint density at radius 3 is 2.71 bits per heavy atom. The van der Waals surface area contributed by atoms with E-state index in [9.17, 15) is 0 Å². The summed E-state index contributed by atoms with van der Waals surface area (Å²) in [4.78, 5) is 9.28. The van der Waals surface area contributed by atoms with Crippen LogP contribution >= 0.6 is 11.6 Å². The number of para-hydroxylation sites is 1. The van der Waals surface area contributed by atoms with Crippen LogP contribution in [0.2, 0.25) is 5.02 Å². The van der Waals surface area contributed by atoms with Crippen molar-refractivity contribution in [1.82, 2.24) is 14.5 Å². The number of nitrogens with zero attached hydrogens (tertiary/aromatic N) is 4. The second kappa shape index (κ2) is 9.58. The molecule has 0 N–H and O–H groups in total. The molecule has 0 saturated heterocycles. The fraction of sp³-hybridized carbons (Fsp3) is 0.222. The molecule has 1 saturated carbocycles. The predicted molar refractivity (Wildman–Crippen MR) is 133 cm³/mol. The van der Waals surface area contributed by atoms with Gasteiger partial charge in [-0.25, -0.2) is 9.97 Å². The molecule has 0 bridgehead atoms. The van der Waals surface area contributed by atoms with Crippen LogP contribution in [0.1, 0.15) is 42.6 Å². The number of halogens is 1. The van der Waals surface area contributed by atoms with Crippen LogP contribution in [-0.4, -0.2) is 27.7 Å². The number of rotatable bonds is 6. The third-order valence-corrected chi connectivity index (χ3v) is 6.21. The molecule has 0 unspecified atom stereocenters. The van der Waals surface area contributed by atoms with Gasteiger partial charge >= 0.3 is 0 Å². The zero-order valence-corrected chi connectivity index (χ0v) is 19.5. The topological polar surface area (TPSA) is 73.0 Å². The fourth-order valence-corrected chi connectivity index (χ4v) is 4.46. The molecule has 6 nitrogen and oxygen atoms in total. The number of hydrogen-bond donors (Lipinski definition) is 0. The molecule has 1 fully saturated rings. The average molecular weight is 471 g/mol. The minimum atomic E-state index is 0.206. The third kappa shape index (κ3) is 4.35. The van der Waals surface area contributed by atoms with Crippen molar-refractivity contribution in [2.45, 2.75) is 31.8 Å². The highest BCUT2D eigenvalue weighted by Crippen LogP contribution is 2.36. The molecular formula is C27H23ClN4O2. The summed E-state index contributed by atoms with van der Waals surface area (Å²) < 4.78 is 13.9. The average Bonchev–Trinajstić information content (AvgIpc) is 3.50. The summed E-state index contributed by atoms with van der Waals surface area (Å²) in [7, 11) is 1.66. The second-order valence-electron chi connectivity index (χ2n) is 8.19. The highest BCUT2D eigenvalue weighted by atomic mass is 35.5. The number of benzene rings is 2. The van der Waals surface area contributed by atoms with Crippen molar-refractivity contribution in [3.05, 3.63) is 76.7 Å². The van der Waals surface area contributed by atoms with Gasteiger partial charge in [-0.2, -0.15) is 5.26 Å². The number of fused-ring (bicyclic) bond motifs is 1. The van der Waals surface area contributed by atoms with E-state index in [0.29, 0.717) is 28.0 Å². The van der Waals surface area contributed by atoms with Crippen molar-refractivity contribution in [2.75, 3.05) is 7.11 Å². The molecule has 0 radical (unpaired) electrons. The lowest BCUT2D eigenvalue weighted by molar-refractivity contribution is 0.200. The summed E-state index contributed by atoms with van der Waals surface area (Å²) in [6, 6.07) is 17.1. The summed E-state index contributed by atoms with van der Waals surface area (Å²) in [5.74, 6) is 2.80. The van der Waals surface area contributed by atoms with E-state index in [1.807, 2.05) is 59.2 Å². The molecular weight excluding hydrogens is 448 g/mol. The van der Waals surface area contributed by atoms with Crippen molar-refractivity contribution in [2.24, 2.45) is 0 Å². The van der Waals surface area contributed by atoms with Crippen LogP contribution in [0.25, 0.3) is 29.0 Å². The number of aromatic nitrogens is 3. The number of ether oxygens (including phenoxy) is 2. The monoisotopic (exact) mass is 470 g/mol. The molecule has 2 heterocycles. The molecule has 0 amide bonds. The van der Waals surface area contributed by atoms with E-state index in [2.05, 4.69) is 11.1 Å². The maximum atomic E-state index is 9.14. The van der Waals surface area contributed by atoms with Crippen LogP contribution in [0.15, 0.2) is 54.7 Å². The minimum absolute atomic E-state index is 0.206. The van der Waals surface area contributed by atoms with Crippen molar-refractivity contribution in [3.63, 3.8) is 0 Å². The first-order valence-electron chi connectivity index (χ1n) is 11.2. The maximum absolute atomic E-state index is 9.14. The number of hydrogen-bond acceptors (Lipinski definition) is 5. The second-order valence-corrected chi connectivity index (χ2v) is 8.63. The van der Waals surface area contributed by atoms with Gasteiger partial charge in [0.1, 0.15) is 17.7 Å². The first kappa shape index (κ1) is 22.0. The smallest absolute Gasteiger partial charge is 0.168 e. The Kier molecular flexibility index (Phi) is 6.20. The zero-order valence-electron chi connectivity index (χ0n) is 18.7. The molecule has 1 aliphatic carbocycles. The molecule has 0 spiro atoms. The molecule has 7 heteroatoms. The molecule has 0 aliphatic heterocycles. The highest BCUT2D eigenvalue weighted by molar-refractivity contribution is 6.31. The predicted octanol–water partition coefficient (Wildman–Crippen LogP) is 6.45. The van der Waals surface area contributed by atoms with Crippen molar-refractivity contribution >= 4 is 34.8 Å². The van der Waals surface area contributed by atoms with Crippen molar-refractivity contribution < 1.29 is 9.47 Å². The molecule has 2 aromatic heterocycles. The molecule has 1 aliphatic rings. The van der Waals surface area contributed by atoms with Gasteiger partial charge in [0.2, 0.25) is 0 Å². The molecule has 5 rings (SSSR count). The molecule has 170 valence electrons. The first-order valence-corrected chi connectivity index (χ1v) is 11.6. The van der Waals surface area contributed by atoms with Gasteiger partial charge in [-0.3, -0.25) is 4.57 Å². The van der Waals surface area contributed by atoms with Crippen molar-refractivity contribution in [3.8, 4) is 23.4 Å². The lowest BCUT2D eigenvalue weighted by Crippen LogP contribution is -2.12. The largest absolute Gasteiger partial charge is 0.493 e. The van der Waals surface area contributed by atoms with Gasteiger partial charge in [0.05, 0.1) is 29.8 Å². The van der Waals surface area contributed by atoms with Gasteiger partial charge in [0, 0.05) is 16.8 Å². The normalized spacial score (nSPS) is 14.0. The van der Waals surface area contributed by atoms with Gasteiger partial charge in [-0.1, -0.05) is 23.7 Å². The Hall–Kier alpha value is -3.82. The van der Waals surface area contributed by atoms with Gasteiger partial charge < -0.3 is 9.47 Å². The Balaban J connectivity index is 1.59. The quantitative estimate of drug-likeness (QED) is 0.324. The summed E-state index contributed by atoms with van der Waals surface area (Å²) in [5, 5.41) is 9.75. The van der Waals surface area contributed by atoms with E-state index in [-0.39, 0.29) is 6.10 Å². The fourth-order valence-electron chi connectivity index (χ4n) is 4.30. The lowest BCUT2D eigenvalue weighted by atomic mass is 10.1. The molecule has 34 heavy (non-hydrogen) atoms. The van der Waals surface area contributed by atoms with E-state index in [0.717, 1.165) is 35.2 Å².